The number of carbonyl (C=O) groups is 2. The van der Waals surface area contributed by atoms with Gasteiger partial charge < -0.3 is 9.80 Å². The first-order valence-electron chi connectivity index (χ1n) is 8.49. The Morgan fingerprint density at radius 2 is 2.08 bits per heavy atom. The molecule has 1 aliphatic heterocycles. The summed E-state index contributed by atoms with van der Waals surface area (Å²) in [7, 11) is 0. The first kappa shape index (κ1) is 17.1. The fraction of sp³-hybridized carbons (Fsp3) is 0.471. The van der Waals surface area contributed by atoms with Gasteiger partial charge in [-0.1, -0.05) is 37.3 Å². The monoisotopic (exact) mass is 342 g/mol. The molecule has 0 spiro atoms. The van der Waals surface area contributed by atoms with Gasteiger partial charge in [-0.25, -0.2) is 0 Å². The molecule has 1 aromatic heterocycles. The zero-order valence-corrected chi connectivity index (χ0v) is 14.3. The van der Waals surface area contributed by atoms with Crippen molar-refractivity contribution in [2.24, 2.45) is 0 Å². The van der Waals surface area contributed by atoms with E-state index in [0.29, 0.717) is 26.1 Å². The lowest BCUT2D eigenvalue weighted by molar-refractivity contribution is -0.134. The molecule has 8 nitrogen and oxygen atoms in total. The van der Waals surface area contributed by atoms with Gasteiger partial charge >= 0.3 is 0 Å². The predicted molar refractivity (Wildman–Crippen MR) is 90.1 cm³/mol. The van der Waals surface area contributed by atoms with Crippen LogP contribution in [0.5, 0.6) is 0 Å². The third kappa shape index (κ3) is 4.20. The predicted octanol–water partition coefficient (Wildman–Crippen LogP) is 0.713. The molecule has 0 unspecified atom stereocenters. The second kappa shape index (κ2) is 7.87. The van der Waals surface area contributed by atoms with Crippen LogP contribution in [-0.2, 0) is 22.7 Å². The third-order valence-corrected chi connectivity index (χ3v) is 4.48. The topological polar surface area (TPSA) is 84.2 Å². The molecule has 1 aliphatic rings. The highest BCUT2D eigenvalue weighted by molar-refractivity contribution is 5.80. The van der Waals surface area contributed by atoms with Crippen LogP contribution in [0.25, 0.3) is 0 Å². The van der Waals surface area contributed by atoms with E-state index in [0.717, 1.165) is 12.0 Å². The van der Waals surface area contributed by atoms with E-state index in [4.69, 9.17) is 0 Å². The van der Waals surface area contributed by atoms with E-state index in [1.165, 1.54) is 11.1 Å². The van der Waals surface area contributed by atoms with Crippen molar-refractivity contribution >= 4 is 11.8 Å². The van der Waals surface area contributed by atoms with E-state index in [1.54, 1.807) is 4.90 Å². The lowest BCUT2D eigenvalue weighted by Gasteiger charge is -2.31. The molecule has 0 bridgehead atoms. The second-order valence-corrected chi connectivity index (χ2v) is 6.13. The molecule has 2 amide bonds. The van der Waals surface area contributed by atoms with Crippen molar-refractivity contribution in [3.8, 4) is 0 Å². The first-order chi connectivity index (χ1) is 12.2. The maximum Gasteiger partial charge on any atom is 0.246 e. The summed E-state index contributed by atoms with van der Waals surface area (Å²) in [5.74, 6) is -0.00399. The van der Waals surface area contributed by atoms with Crippen molar-refractivity contribution in [1.29, 1.82) is 0 Å². The van der Waals surface area contributed by atoms with E-state index >= 15 is 0 Å². The zero-order chi connectivity index (χ0) is 17.6. The summed E-state index contributed by atoms with van der Waals surface area (Å²) in [5.41, 5.74) is 1.10. The largest absolute Gasteiger partial charge is 0.338 e. The molecule has 0 N–H and O–H groups in total. The van der Waals surface area contributed by atoms with Crippen molar-refractivity contribution in [3.05, 3.63) is 42.2 Å². The van der Waals surface area contributed by atoms with Gasteiger partial charge in [-0.3, -0.25) is 9.59 Å². The fourth-order valence-electron chi connectivity index (χ4n) is 3.08. The Bertz CT molecular complexity index is 703. The van der Waals surface area contributed by atoms with Gasteiger partial charge in [0.25, 0.3) is 0 Å². The Hall–Kier alpha value is -2.77. The van der Waals surface area contributed by atoms with Crippen LogP contribution in [0.1, 0.15) is 25.3 Å². The average molecular weight is 342 g/mol. The molecular weight excluding hydrogens is 320 g/mol. The highest BCUT2D eigenvalue weighted by Crippen LogP contribution is 2.18. The van der Waals surface area contributed by atoms with Crippen molar-refractivity contribution in [2.45, 2.75) is 38.9 Å². The Morgan fingerprint density at radius 3 is 2.76 bits per heavy atom. The summed E-state index contributed by atoms with van der Waals surface area (Å²) in [5, 5.41) is 11.2. The molecule has 1 saturated heterocycles. The second-order valence-electron chi connectivity index (χ2n) is 6.13. The fourth-order valence-corrected chi connectivity index (χ4v) is 3.08. The maximum atomic E-state index is 12.6. The van der Waals surface area contributed by atoms with Crippen molar-refractivity contribution in [2.75, 3.05) is 13.1 Å². The highest BCUT2D eigenvalue weighted by Gasteiger charge is 2.30. The smallest absolute Gasteiger partial charge is 0.246 e. The lowest BCUT2D eigenvalue weighted by atomic mass is 10.1. The maximum absolute atomic E-state index is 12.6. The highest BCUT2D eigenvalue weighted by atomic mass is 16.2. The molecule has 132 valence electrons. The van der Waals surface area contributed by atoms with Gasteiger partial charge in [0.1, 0.15) is 6.54 Å². The summed E-state index contributed by atoms with van der Waals surface area (Å²) in [6.45, 7) is 3.62. The van der Waals surface area contributed by atoms with Gasteiger partial charge in [0.15, 0.2) is 6.33 Å². The number of aromatic nitrogens is 4. The van der Waals surface area contributed by atoms with E-state index in [2.05, 4.69) is 15.4 Å². The summed E-state index contributed by atoms with van der Waals surface area (Å²) >= 11 is 0. The van der Waals surface area contributed by atoms with Gasteiger partial charge in [0.05, 0.1) is 0 Å². The SMILES string of the molecule is CC[C@H]1CN(C(=O)Cn2ncnn2)CCC(=O)N1Cc1ccccc1. The summed E-state index contributed by atoms with van der Waals surface area (Å²) in [6, 6.07) is 9.94. The minimum absolute atomic E-state index is 0.00265. The van der Waals surface area contributed by atoms with Crippen molar-refractivity contribution < 1.29 is 9.59 Å². The van der Waals surface area contributed by atoms with Gasteiger partial charge in [-0.2, -0.15) is 4.80 Å². The number of amides is 2. The number of nitrogens with zero attached hydrogens (tertiary/aromatic N) is 6. The first-order valence-corrected chi connectivity index (χ1v) is 8.49. The quantitative estimate of drug-likeness (QED) is 0.799. The van der Waals surface area contributed by atoms with Crippen LogP contribution in [0.15, 0.2) is 36.7 Å². The van der Waals surface area contributed by atoms with E-state index in [9.17, 15) is 9.59 Å². The molecule has 0 aliphatic carbocycles. The van der Waals surface area contributed by atoms with Gasteiger partial charge in [-0.05, 0) is 17.2 Å². The van der Waals surface area contributed by atoms with Crippen LogP contribution < -0.4 is 0 Å². The number of carbonyl (C=O) groups excluding carboxylic acids is 2. The number of tetrazole rings is 1. The Labute approximate surface area is 146 Å². The van der Waals surface area contributed by atoms with Gasteiger partial charge in [0, 0.05) is 32.1 Å². The van der Waals surface area contributed by atoms with Crippen molar-refractivity contribution in [1.82, 2.24) is 30.0 Å². The third-order valence-electron chi connectivity index (χ3n) is 4.48. The van der Waals surface area contributed by atoms with Crippen LogP contribution in [0, 0.1) is 0 Å². The summed E-state index contributed by atoms with van der Waals surface area (Å²) < 4.78 is 0. The molecule has 0 saturated carbocycles. The molecule has 0 radical (unpaired) electrons. The summed E-state index contributed by atoms with van der Waals surface area (Å²) in [6.07, 6.45) is 2.43. The van der Waals surface area contributed by atoms with Crippen molar-refractivity contribution in [3.63, 3.8) is 0 Å². The molecule has 2 heterocycles. The Morgan fingerprint density at radius 1 is 1.28 bits per heavy atom. The average Bonchev–Trinajstić information content (AvgIpc) is 3.08. The van der Waals surface area contributed by atoms with Gasteiger partial charge in [-0.15, -0.1) is 10.2 Å². The van der Waals surface area contributed by atoms with Crippen LogP contribution in [0.3, 0.4) is 0 Å². The number of hydrogen-bond acceptors (Lipinski definition) is 5. The molecule has 1 aromatic carbocycles. The Kier molecular flexibility index (Phi) is 5.37. The van der Waals surface area contributed by atoms with Gasteiger partial charge in [0.2, 0.25) is 11.8 Å². The van der Waals surface area contributed by atoms with E-state index in [1.807, 2.05) is 42.2 Å². The Balaban J connectivity index is 1.70. The van der Waals surface area contributed by atoms with Crippen LogP contribution in [-0.4, -0.2) is 61.0 Å². The zero-order valence-electron chi connectivity index (χ0n) is 14.3. The molecule has 25 heavy (non-hydrogen) atoms. The van der Waals surface area contributed by atoms with E-state index in [-0.39, 0.29) is 24.4 Å². The van der Waals surface area contributed by atoms with Crippen LogP contribution in [0.4, 0.5) is 0 Å². The van der Waals surface area contributed by atoms with Crippen LogP contribution >= 0.6 is 0 Å². The minimum Gasteiger partial charge on any atom is -0.338 e. The van der Waals surface area contributed by atoms with E-state index < -0.39 is 0 Å². The molecule has 1 atom stereocenters. The number of hydrogen-bond donors (Lipinski definition) is 0. The molecule has 2 aromatic rings. The molecular formula is C17H22N6O2. The normalized spacial score (nSPS) is 18.3. The number of benzene rings is 1. The standard InChI is InChI=1S/C17H22N6O2/c1-2-15-11-21(17(25)12-23-19-13-18-20-23)9-8-16(24)22(15)10-14-6-4-3-5-7-14/h3-7,13,15H,2,8-12H2,1H3/t15-/m0/s1. The molecule has 3 rings (SSSR count). The minimum atomic E-state index is -0.0918. The molecule has 8 heteroatoms. The lowest BCUT2D eigenvalue weighted by Crippen LogP contribution is -2.44. The van der Waals surface area contributed by atoms with Crippen LogP contribution in [0.2, 0.25) is 0 Å². The number of rotatable bonds is 5. The molecule has 1 fully saturated rings. The summed E-state index contributed by atoms with van der Waals surface area (Å²) in [4.78, 5) is 30.0.